The van der Waals surface area contributed by atoms with Crippen molar-refractivity contribution in [3.63, 3.8) is 0 Å². The van der Waals surface area contributed by atoms with Crippen molar-refractivity contribution in [2.75, 3.05) is 7.05 Å². The van der Waals surface area contributed by atoms with Gasteiger partial charge in [0, 0.05) is 23.9 Å². The quantitative estimate of drug-likeness (QED) is 0.842. The predicted octanol–water partition coefficient (Wildman–Crippen LogP) is 2.85. The highest BCUT2D eigenvalue weighted by atomic mass is 14.9. The molecule has 0 aromatic carbocycles. The fourth-order valence-electron chi connectivity index (χ4n) is 2.78. The van der Waals surface area contributed by atoms with Gasteiger partial charge in [0.15, 0.2) is 0 Å². The molecule has 1 heterocycles. The summed E-state index contributed by atoms with van der Waals surface area (Å²) in [6.45, 7) is 4.50. The lowest BCUT2D eigenvalue weighted by Gasteiger charge is -2.26. The highest BCUT2D eigenvalue weighted by Gasteiger charge is 2.23. The number of hydrogen-bond acceptors (Lipinski definition) is 2. The Morgan fingerprint density at radius 1 is 1.35 bits per heavy atom. The summed E-state index contributed by atoms with van der Waals surface area (Å²) in [5.41, 5.74) is 1.30. The molecule has 1 aliphatic rings. The molecule has 2 N–H and O–H groups in total. The molecule has 96 valence electrons. The van der Waals surface area contributed by atoms with Gasteiger partial charge >= 0.3 is 0 Å². The van der Waals surface area contributed by atoms with Crippen LogP contribution in [0.2, 0.25) is 0 Å². The molecule has 0 radical (unpaired) electrons. The number of nitrogens with one attached hydrogen (secondary N) is 2. The van der Waals surface area contributed by atoms with Crippen LogP contribution >= 0.6 is 0 Å². The Hall–Kier alpha value is -0.830. The van der Waals surface area contributed by atoms with E-state index in [-0.39, 0.29) is 0 Å². The minimum absolute atomic E-state index is 0.653. The largest absolute Gasteiger partial charge is 0.346 e. The van der Waals surface area contributed by atoms with Gasteiger partial charge in [0.2, 0.25) is 0 Å². The fourth-order valence-corrected chi connectivity index (χ4v) is 2.78. The van der Waals surface area contributed by atoms with Crippen molar-refractivity contribution in [3.8, 4) is 0 Å². The van der Waals surface area contributed by atoms with Gasteiger partial charge in [-0.15, -0.1) is 0 Å². The molecule has 1 aliphatic carbocycles. The van der Waals surface area contributed by atoms with E-state index in [1.807, 2.05) is 6.20 Å². The van der Waals surface area contributed by atoms with Gasteiger partial charge in [-0.25, -0.2) is 4.98 Å². The molecule has 0 bridgehead atoms. The summed E-state index contributed by atoms with van der Waals surface area (Å²) >= 11 is 0. The van der Waals surface area contributed by atoms with Gasteiger partial charge in [-0.3, -0.25) is 0 Å². The number of nitrogens with zero attached hydrogens (tertiary/aromatic N) is 1. The number of aromatic amines is 1. The lowest BCUT2D eigenvalue weighted by atomic mass is 9.86. The molecule has 0 spiro atoms. The zero-order valence-corrected chi connectivity index (χ0v) is 11.3. The van der Waals surface area contributed by atoms with E-state index in [4.69, 9.17) is 0 Å². The van der Waals surface area contributed by atoms with E-state index in [2.05, 4.69) is 36.2 Å². The van der Waals surface area contributed by atoms with Crippen LogP contribution in [0.15, 0.2) is 6.20 Å². The van der Waals surface area contributed by atoms with E-state index >= 15 is 0 Å². The van der Waals surface area contributed by atoms with Crippen molar-refractivity contribution in [3.05, 3.63) is 17.7 Å². The van der Waals surface area contributed by atoms with Crippen LogP contribution in [0.25, 0.3) is 0 Å². The molecule has 0 amide bonds. The van der Waals surface area contributed by atoms with E-state index in [9.17, 15) is 0 Å². The first-order chi connectivity index (χ1) is 8.19. The molecular formula is C14H25N3. The Bertz CT molecular complexity index is 335. The highest BCUT2D eigenvalue weighted by Crippen LogP contribution is 2.31. The molecule has 2 rings (SSSR count). The van der Waals surface area contributed by atoms with Crippen LogP contribution in [0.4, 0.5) is 0 Å². The maximum atomic E-state index is 4.57. The van der Waals surface area contributed by atoms with Crippen LogP contribution in [0, 0.1) is 5.92 Å². The molecule has 0 saturated heterocycles. The Kier molecular flexibility index (Phi) is 4.21. The first-order valence-electron chi connectivity index (χ1n) is 6.90. The second-order valence-corrected chi connectivity index (χ2v) is 5.73. The second-order valence-electron chi connectivity index (χ2n) is 5.73. The third-order valence-corrected chi connectivity index (χ3v) is 3.80. The maximum absolute atomic E-state index is 4.57. The summed E-state index contributed by atoms with van der Waals surface area (Å²) < 4.78 is 0. The molecule has 1 aromatic rings. The summed E-state index contributed by atoms with van der Waals surface area (Å²) in [4.78, 5) is 8.08. The number of hydrogen-bond donors (Lipinski definition) is 2. The predicted molar refractivity (Wildman–Crippen MR) is 71.2 cm³/mol. The monoisotopic (exact) mass is 235 g/mol. The summed E-state index contributed by atoms with van der Waals surface area (Å²) in [6.07, 6.45) is 8.22. The van der Waals surface area contributed by atoms with Crippen molar-refractivity contribution in [2.45, 2.75) is 57.9 Å². The van der Waals surface area contributed by atoms with Crippen molar-refractivity contribution in [1.29, 1.82) is 0 Å². The molecule has 1 saturated carbocycles. The van der Waals surface area contributed by atoms with E-state index in [1.165, 1.54) is 37.2 Å². The minimum Gasteiger partial charge on any atom is -0.346 e. The number of rotatable bonds is 4. The molecule has 0 atom stereocenters. The first-order valence-corrected chi connectivity index (χ1v) is 6.90. The smallest absolute Gasteiger partial charge is 0.109 e. The van der Waals surface area contributed by atoms with Gasteiger partial charge in [-0.05, 0) is 45.1 Å². The lowest BCUT2D eigenvalue weighted by Crippen LogP contribution is -2.29. The van der Waals surface area contributed by atoms with Crippen molar-refractivity contribution in [1.82, 2.24) is 15.3 Å². The zero-order valence-electron chi connectivity index (χ0n) is 11.3. The van der Waals surface area contributed by atoms with Crippen molar-refractivity contribution in [2.24, 2.45) is 5.92 Å². The van der Waals surface area contributed by atoms with E-state index in [0.717, 1.165) is 12.5 Å². The molecule has 3 heteroatoms. The van der Waals surface area contributed by atoms with Gasteiger partial charge in [0.05, 0.1) is 0 Å². The van der Waals surface area contributed by atoms with Gasteiger partial charge in [0.1, 0.15) is 5.82 Å². The molecular weight excluding hydrogens is 210 g/mol. The van der Waals surface area contributed by atoms with Crippen LogP contribution in [0.1, 0.15) is 57.0 Å². The Balaban J connectivity index is 1.92. The van der Waals surface area contributed by atoms with E-state index < -0.39 is 0 Å². The second kappa shape index (κ2) is 5.67. The first kappa shape index (κ1) is 12.6. The SMILES string of the molecule is CNC1CCC(c2ncc(CC(C)C)[nH]2)CC1. The van der Waals surface area contributed by atoms with Crippen LogP contribution in [0.3, 0.4) is 0 Å². The standard InChI is InChI=1S/C14H25N3/c1-10(2)8-13-9-16-14(17-13)11-4-6-12(15-3)7-5-11/h9-12,15H,4-8H2,1-3H3,(H,16,17). The van der Waals surface area contributed by atoms with E-state index in [0.29, 0.717) is 11.8 Å². The fraction of sp³-hybridized carbons (Fsp3) is 0.786. The third kappa shape index (κ3) is 3.32. The minimum atomic E-state index is 0.653. The van der Waals surface area contributed by atoms with Crippen molar-refractivity contribution >= 4 is 0 Å². The topological polar surface area (TPSA) is 40.7 Å². The normalized spacial score (nSPS) is 25.4. The number of aromatic nitrogens is 2. The average molecular weight is 235 g/mol. The van der Waals surface area contributed by atoms with Crippen LogP contribution in [0.5, 0.6) is 0 Å². The summed E-state index contributed by atoms with van der Waals surface area (Å²) in [7, 11) is 2.07. The molecule has 0 aliphatic heterocycles. The number of imidazole rings is 1. The third-order valence-electron chi connectivity index (χ3n) is 3.80. The lowest BCUT2D eigenvalue weighted by molar-refractivity contribution is 0.351. The van der Waals surface area contributed by atoms with Gasteiger partial charge in [-0.1, -0.05) is 13.8 Å². The van der Waals surface area contributed by atoms with Crippen LogP contribution < -0.4 is 5.32 Å². The highest BCUT2D eigenvalue weighted by molar-refractivity contribution is 5.07. The van der Waals surface area contributed by atoms with Crippen LogP contribution in [-0.4, -0.2) is 23.1 Å². The molecule has 17 heavy (non-hydrogen) atoms. The maximum Gasteiger partial charge on any atom is 0.109 e. The number of H-pyrrole nitrogens is 1. The Morgan fingerprint density at radius 2 is 2.06 bits per heavy atom. The summed E-state index contributed by atoms with van der Waals surface area (Å²) in [6, 6.07) is 0.719. The summed E-state index contributed by atoms with van der Waals surface area (Å²) in [5, 5.41) is 3.38. The van der Waals surface area contributed by atoms with Gasteiger partial charge < -0.3 is 10.3 Å². The average Bonchev–Trinajstić information content (AvgIpc) is 2.77. The molecule has 1 aromatic heterocycles. The summed E-state index contributed by atoms with van der Waals surface area (Å²) in [5.74, 6) is 2.57. The van der Waals surface area contributed by atoms with Crippen LogP contribution in [-0.2, 0) is 6.42 Å². The Labute approximate surface area is 104 Å². The molecule has 0 unspecified atom stereocenters. The van der Waals surface area contributed by atoms with Gasteiger partial charge in [0.25, 0.3) is 0 Å². The van der Waals surface area contributed by atoms with E-state index in [1.54, 1.807) is 0 Å². The zero-order chi connectivity index (χ0) is 12.3. The molecule has 1 fully saturated rings. The van der Waals surface area contributed by atoms with Crippen molar-refractivity contribution < 1.29 is 0 Å². The van der Waals surface area contributed by atoms with Gasteiger partial charge in [-0.2, -0.15) is 0 Å². The Morgan fingerprint density at radius 3 is 2.65 bits per heavy atom. The molecule has 3 nitrogen and oxygen atoms in total.